The van der Waals surface area contributed by atoms with E-state index in [0.29, 0.717) is 12.1 Å². The summed E-state index contributed by atoms with van der Waals surface area (Å²) in [6.07, 6.45) is -23.3. The minimum atomic E-state index is -4.15. The average molecular weight is 338 g/mol. The van der Waals surface area contributed by atoms with Gasteiger partial charge in [-0.1, -0.05) is 31.2 Å². The van der Waals surface area contributed by atoms with Crippen molar-refractivity contribution in [2.45, 2.75) is 77.2 Å². The third-order valence-corrected chi connectivity index (χ3v) is 3.42. The summed E-state index contributed by atoms with van der Waals surface area (Å²) < 4.78 is 194. The zero-order chi connectivity index (χ0) is 36.7. The van der Waals surface area contributed by atoms with Gasteiger partial charge >= 0.3 is 0 Å². The Balaban J connectivity index is 2.54. The zero-order valence-corrected chi connectivity index (χ0v) is 12.1. The predicted molar refractivity (Wildman–Crippen MR) is 95.3 cm³/mol. The van der Waals surface area contributed by atoms with Crippen molar-refractivity contribution >= 4 is 0 Å². The number of phenols is 1. The van der Waals surface area contributed by atoms with E-state index >= 15 is 0 Å². The SMILES string of the molecule is [2H]C1=C(C)C([2H])([2H])C([2H])([2H])[C@]2([2H])[C@@H]1c1c(O)cc(C([2H])([2H])C([2H])([2H])C([2H])([2H])C([2H])([2H])C([2H])([2H])[2H])cc1OC2(C([2H])([2H])[2H])C([2H])([2H])[2H]. The van der Waals surface area contributed by atoms with E-state index in [2.05, 4.69) is 0 Å². The van der Waals surface area contributed by atoms with E-state index in [1.54, 1.807) is 0 Å². The Morgan fingerprint density at radius 2 is 2.39 bits per heavy atom. The Morgan fingerprint density at radius 1 is 1.52 bits per heavy atom. The minimum absolute atomic E-state index is 0.389. The molecule has 0 unspecified atom stereocenters. The molecule has 1 aliphatic carbocycles. The van der Waals surface area contributed by atoms with E-state index in [1.165, 1.54) is 0 Å². The quantitative estimate of drug-likeness (QED) is 0.710. The van der Waals surface area contributed by atoms with Gasteiger partial charge in [0, 0.05) is 47.5 Å². The summed E-state index contributed by atoms with van der Waals surface area (Å²) in [6, 6.07) is -0.220. The molecule has 0 aromatic heterocycles. The highest BCUT2D eigenvalue weighted by atomic mass is 16.5. The lowest BCUT2D eigenvalue weighted by atomic mass is 9.68. The summed E-state index contributed by atoms with van der Waals surface area (Å²) in [7, 11) is 0. The van der Waals surface area contributed by atoms with Gasteiger partial charge in [-0.2, -0.15) is 0 Å². The van der Waals surface area contributed by atoms with Gasteiger partial charge in [-0.05, 0) is 63.8 Å². The fourth-order valence-electron chi connectivity index (χ4n) is 2.48. The highest BCUT2D eigenvalue weighted by molar-refractivity contribution is 5.53. The number of benzene rings is 1. The van der Waals surface area contributed by atoms with Gasteiger partial charge in [0.2, 0.25) is 0 Å². The number of hydrogen-bond acceptors (Lipinski definition) is 2. The molecule has 1 N–H and O–H groups in total. The van der Waals surface area contributed by atoms with E-state index < -0.39 is 110 Å². The summed E-state index contributed by atoms with van der Waals surface area (Å²) in [5, 5.41) is 11.2. The molecule has 2 nitrogen and oxygen atoms in total. The van der Waals surface area contributed by atoms with Crippen LogP contribution >= 0.6 is 0 Å². The molecule has 0 saturated heterocycles. The van der Waals surface area contributed by atoms with Crippen LogP contribution in [0.2, 0.25) is 0 Å². The molecule has 1 aromatic rings. The first-order valence-electron chi connectivity index (χ1n) is 18.2. The average Bonchev–Trinajstić information content (AvgIpc) is 2.84. The molecule has 0 fully saturated rings. The van der Waals surface area contributed by atoms with Crippen molar-refractivity contribution in [3.05, 3.63) is 34.9 Å². The number of phenolic OH excluding ortho intramolecular Hbond substituents is 1. The minimum Gasteiger partial charge on any atom is -0.507 e. The Hall–Kier alpha value is -1.44. The van der Waals surface area contributed by atoms with Crippen LogP contribution in [0.15, 0.2) is 23.8 Å². The van der Waals surface area contributed by atoms with Crippen LogP contribution in [0.4, 0.5) is 0 Å². The Labute approximate surface area is 172 Å². The Kier molecular flexibility index (Phi) is 1.14. The predicted octanol–water partition coefficient (Wildman–Crippen LogP) is 5.74. The van der Waals surface area contributed by atoms with Crippen LogP contribution in [0.3, 0.4) is 0 Å². The molecule has 2 atom stereocenters. The van der Waals surface area contributed by atoms with Crippen molar-refractivity contribution in [2.75, 3.05) is 0 Å². The fourth-order valence-corrected chi connectivity index (χ4v) is 2.48. The maximum Gasteiger partial charge on any atom is 0.127 e. The van der Waals surface area contributed by atoms with Crippen molar-refractivity contribution in [1.29, 1.82) is 0 Å². The molecule has 1 heterocycles. The zero-order valence-electron chi connectivity index (χ0n) is 35.1. The molecule has 0 saturated carbocycles. The van der Waals surface area contributed by atoms with E-state index in [-0.39, 0.29) is 0 Å². The number of aromatic hydroxyl groups is 1. The molecule has 2 aliphatic rings. The van der Waals surface area contributed by atoms with Gasteiger partial charge in [0.15, 0.2) is 0 Å². The van der Waals surface area contributed by atoms with E-state index in [0.717, 1.165) is 6.92 Å². The Bertz CT molecular complexity index is 1430. The maximum absolute atomic E-state index is 11.2. The third-order valence-electron chi connectivity index (χ3n) is 3.42. The van der Waals surface area contributed by atoms with E-state index in [9.17, 15) is 6.48 Å². The van der Waals surface area contributed by atoms with Crippen LogP contribution in [0.5, 0.6) is 11.5 Å². The molecule has 0 radical (unpaired) electrons. The lowest BCUT2D eigenvalue weighted by Gasteiger charge is -2.46. The standard InChI is InChI=1S/C21H30O2/c1-5-6-7-8-15-12-18(22)20-16-11-14(2)9-10-17(16)21(3,4)23-19(20)13-15/h11-13,16-17,22H,5-10H2,1-4H3/t16-,17-/m1/s1/i1D3,3D3,4D3,5D2,6D2,7D2,8D2,9D2,10D2,11D,17D. The molecule has 3 rings (SSSR count). The van der Waals surface area contributed by atoms with Gasteiger partial charge < -0.3 is 9.84 Å². The number of hydrogen-bond donors (Lipinski definition) is 1. The third kappa shape index (κ3) is 3.13. The van der Waals surface area contributed by atoms with Crippen molar-refractivity contribution < 1.29 is 41.4 Å². The largest absolute Gasteiger partial charge is 0.507 e. The van der Waals surface area contributed by atoms with Crippen LogP contribution in [0.25, 0.3) is 0 Å². The normalized spacial score (nSPS) is 52.0. The summed E-state index contributed by atoms with van der Waals surface area (Å²) in [6.45, 7) is -11.0. The van der Waals surface area contributed by atoms with Gasteiger partial charge in [-0.15, -0.1) is 0 Å². The fraction of sp³-hybridized carbons (Fsp3) is 0.619. The lowest BCUT2D eigenvalue weighted by molar-refractivity contribution is 0.0107. The van der Waals surface area contributed by atoms with E-state index in [1.807, 2.05) is 0 Å². The molecule has 126 valence electrons. The van der Waals surface area contributed by atoms with Crippen LogP contribution < -0.4 is 4.74 Å². The molecule has 1 aromatic carbocycles. The monoisotopic (exact) mass is 337 g/mol. The topological polar surface area (TPSA) is 29.5 Å². The van der Waals surface area contributed by atoms with Crippen LogP contribution in [-0.4, -0.2) is 10.7 Å². The van der Waals surface area contributed by atoms with Gasteiger partial charge in [-0.3, -0.25) is 0 Å². The maximum atomic E-state index is 11.2. The molecular formula is C21H30O2. The molecule has 0 amide bonds. The summed E-state index contributed by atoms with van der Waals surface area (Å²) >= 11 is 0. The van der Waals surface area contributed by atoms with Gasteiger partial charge in [0.25, 0.3) is 0 Å². The van der Waals surface area contributed by atoms with Crippen molar-refractivity contribution in [2.24, 2.45) is 5.89 Å². The highest BCUT2D eigenvalue weighted by Gasteiger charge is 2.45. The van der Waals surface area contributed by atoms with Gasteiger partial charge in [0.05, 0.1) is 1.37 Å². The molecule has 2 heteroatoms. The smallest absolute Gasteiger partial charge is 0.127 e. The lowest BCUT2D eigenvalue weighted by Crippen LogP contribution is -2.45. The molecule has 0 bridgehead atoms. The van der Waals surface area contributed by atoms with Crippen molar-refractivity contribution in [3.63, 3.8) is 0 Å². The number of aryl methyl sites for hydroxylation is 1. The van der Waals surface area contributed by atoms with Crippen LogP contribution in [0, 0.1) is 5.89 Å². The summed E-state index contributed by atoms with van der Waals surface area (Å²) in [5.41, 5.74) is -6.77. The van der Waals surface area contributed by atoms with E-state index in [4.69, 9.17) is 34.9 Å². The van der Waals surface area contributed by atoms with Crippen molar-refractivity contribution in [3.8, 4) is 11.5 Å². The number of allylic oxidation sites excluding steroid dienone is 2. The summed E-state index contributed by atoms with van der Waals surface area (Å²) in [5.74, 6) is -8.58. The van der Waals surface area contributed by atoms with Gasteiger partial charge in [-0.25, -0.2) is 0 Å². The molecular weight excluding hydrogens is 284 g/mol. The molecule has 23 heavy (non-hydrogen) atoms. The van der Waals surface area contributed by atoms with Crippen molar-refractivity contribution in [1.82, 2.24) is 0 Å². The second kappa shape index (κ2) is 6.22. The van der Waals surface area contributed by atoms with Crippen LogP contribution in [0.1, 0.15) is 108 Å². The number of rotatable bonds is 4. The first-order chi connectivity index (χ1) is 19.9. The Morgan fingerprint density at radius 3 is 3.17 bits per heavy atom. The second-order valence-electron chi connectivity index (χ2n) is 5.06. The first-order valence-corrected chi connectivity index (χ1v) is 6.65. The molecule has 1 aliphatic heterocycles. The van der Waals surface area contributed by atoms with Gasteiger partial charge in [0.1, 0.15) is 17.1 Å². The first kappa shape index (κ1) is 4.20. The second-order valence-corrected chi connectivity index (χ2v) is 5.06. The summed E-state index contributed by atoms with van der Waals surface area (Å²) in [4.78, 5) is 0. The number of ether oxygens (including phenoxy) is 1. The number of fused-ring (bicyclic) bond motifs is 3. The highest BCUT2D eigenvalue weighted by Crippen LogP contribution is 2.53. The molecule has 0 spiro atoms. The van der Waals surface area contributed by atoms with Crippen LogP contribution in [-0.2, 0) is 6.37 Å².